The first-order valence-corrected chi connectivity index (χ1v) is 4.54. The van der Waals surface area contributed by atoms with Crippen LogP contribution in [0.5, 0.6) is 11.5 Å². The zero-order chi connectivity index (χ0) is 10.7. The van der Waals surface area contributed by atoms with Gasteiger partial charge in [-0.1, -0.05) is 11.6 Å². The van der Waals surface area contributed by atoms with Gasteiger partial charge in [0.2, 0.25) is 0 Å². The fraction of sp³-hybridized carbons (Fsp3) is 0.400. The summed E-state index contributed by atoms with van der Waals surface area (Å²) in [4.78, 5) is 0. The summed E-state index contributed by atoms with van der Waals surface area (Å²) in [6.07, 6.45) is 0. The Morgan fingerprint density at radius 2 is 2.00 bits per heavy atom. The molecule has 1 rings (SSSR count). The van der Waals surface area contributed by atoms with Crippen molar-refractivity contribution in [3.8, 4) is 11.5 Å². The Labute approximate surface area is 88.2 Å². The first-order valence-electron chi connectivity index (χ1n) is 4.16. The van der Waals surface area contributed by atoms with Crippen LogP contribution in [0, 0.1) is 6.92 Å². The van der Waals surface area contributed by atoms with Crippen LogP contribution >= 0.6 is 11.6 Å². The van der Waals surface area contributed by atoms with Crippen LogP contribution in [0.15, 0.2) is 6.07 Å². The molecule has 4 heteroatoms. The zero-order valence-electron chi connectivity index (χ0n) is 8.43. The molecule has 3 nitrogen and oxygen atoms in total. The predicted octanol–water partition coefficient (Wildman–Crippen LogP) is 2.16. The number of aliphatic hydroxyl groups excluding tert-OH is 1. The maximum absolute atomic E-state index is 9.09. The van der Waals surface area contributed by atoms with Crippen molar-refractivity contribution in [2.24, 2.45) is 0 Å². The molecule has 0 saturated heterocycles. The van der Waals surface area contributed by atoms with Crippen LogP contribution in [0.2, 0.25) is 5.02 Å². The summed E-state index contributed by atoms with van der Waals surface area (Å²) in [5, 5.41) is 9.57. The van der Waals surface area contributed by atoms with E-state index in [4.69, 9.17) is 26.2 Å². The van der Waals surface area contributed by atoms with Gasteiger partial charge in [-0.15, -0.1) is 0 Å². The van der Waals surface area contributed by atoms with Gasteiger partial charge in [-0.3, -0.25) is 0 Å². The van der Waals surface area contributed by atoms with Gasteiger partial charge in [0.1, 0.15) is 11.5 Å². The Hall–Kier alpha value is -0.930. The van der Waals surface area contributed by atoms with Crippen molar-refractivity contribution in [2.45, 2.75) is 13.5 Å². The van der Waals surface area contributed by atoms with Crippen LogP contribution in [0.4, 0.5) is 0 Å². The van der Waals surface area contributed by atoms with E-state index in [-0.39, 0.29) is 6.61 Å². The number of hydrogen-bond acceptors (Lipinski definition) is 3. The molecule has 0 bridgehead atoms. The Bertz CT molecular complexity index is 337. The summed E-state index contributed by atoms with van der Waals surface area (Å²) in [5.74, 6) is 1.16. The average Bonchev–Trinajstić information content (AvgIpc) is 2.21. The molecular formula is C10H13ClO3. The second kappa shape index (κ2) is 4.53. The minimum absolute atomic E-state index is 0.125. The Kier molecular flexibility index (Phi) is 3.61. The molecule has 0 aliphatic rings. The van der Waals surface area contributed by atoms with E-state index >= 15 is 0 Å². The fourth-order valence-electron chi connectivity index (χ4n) is 1.30. The lowest BCUT2D eigenvalue weighted by Crippen LogP contribution is -1.97. The van der Waals surface area contributed by atoms with Crippen molar-refractivity contribution in [1.29, 1.82) is 0 Å². The van der Waals surface area contributed by atoms with Gasteiger partial charge in [0.15, 0.2) is 0 Å². The lowest BCUT2D eigenvalue weighted by molar-refractivity contribution is 0.272. The van der Waals surface area contributed by atoms with Crippen LogP contribution in [-0.4, -0.2) is 19.3 Å². The fourth-order valence-corrected chi connectivity index (χ4v) is 1.59. The van der Waals surface area contributed by atoms with Crippen molar-refractivity contribution < 1.29 is 14.6 Å². The SMILES string of the molecule is COc1cc(CO)c(OC)c(Cl)c1C. The number of methoxy groups -OCH3 is 2. The average molecular weight is 217 g/mol. The van der Waals surface area contributed by atoms with Gasteiger partial charge in [0.25, 0.3) is 0 Å². The highest BCUT2D eigenvalue weighted by molar-refractivity contribution is 6.33. The van der Waals surface area contributed by atoms with Gasteiger partial charge in [-0.2, -0.15) is 0 Å². The molecule has 0 heterocycles. The lowest BCUT2D eigenvalue weighted by Gasteiger charge is -2.13. The van der Waals surface area contributed by atoms with Gasteiger partial charge in [-0.25, -0.2) is 0 Å². The van der Waals surface area contributed by atoms with Gasteiger partial charge < -0.3 is 14.6 Å². The largest absolute Gasteiger partial charge is 0.496 e. The molecule has 14 heavy (non-hydrogen) atoms. The minimum Gasteiger partial charge on any atom is -0.496 e. The highest BCUT2D eigenvalue weighted by Gasteiger charge is 2.14. The normalized spacial score (nSPS) is 10.1. The lowest BCUT2D eigenvalue weighted by atomic mass is 10.1. The van der Waals surface area contributed by atoms with Crippen molar-refractivity contribution in [2.75, 3.05) is 14.2 Å². The molecule has 0 aromatic heterocycles. The molecule has 0 radical (unpaired) electrons. The quantitative estimate of drug-likeness (QED) is 0.842. The zero-order valence-corrected chi connectivity index (χ0v) is 9.18. The van der Waals surface area contributed by atoms with E-state index in [9.17, 15) is 0 Å². The summed E-state index contributed by atoms with van der Waals surface area (Å²) >= 11 is 6.05. The van der Waals surface area contributed by atoms with Crippen molar-refractivity contribution in [3.05, 3.63) is 22.2 Å². The monoisotopic (exact) mass is 216 g/mol. The molecule has 0 aliphatic heterocycles. The summed E-state index contributed by atoms with van der Waals surface area (Å²) in [6.45, 7) is 1.71. The molecule has 0 unspecified atom stereocenters. The number of hydrogen-bond donors (Lipinski definition) is 1. The highest BCUT2D eigenvalue weighted by Crippen LogP contribution is 2.37. The number of benzene rings is 1. The molecule has 1 aromatic rings. The molecule has 0 spiro atoms. The summed E-state index contributed by atoms with van der Waals surface area (Å²) in [5.41, 5.74) is 1.43. The molecular weight excluding hydrogens is 204 g/mol. The second-order valence-electron chi connectivity index (χ2n) is 2.87. The van der Waals surface area contributed by atoms with Crippen LogP contribution in [0.1, 0.15) is 11.1 Å². The standard InChI is InChI=1S/C10H13ClO3/c1-6-8(13-2)4-7(5-12)10(14-3)9(6)11/h4,12H,5H2,1-3H3. The number of halogens is 1. The smallest absolute Gasteiger partial charge is 0.143 e. The molecule has 0 fully saturated rings. The molecule has 78 valence electrons. The second-order valence-corrected chi connectivity index (χ2v) is 3.25. The first-order chi connectivity index (χ1) is 6.65. The number of ether oxygens (including phenoxy) is 2. The molecule has 1 N–H and O–H groups in total. The summed E-state index contributed by atoms with van der Waals surface area (Å²) < 4.78 is 10.2. The van der Waals surface area contributed by atoms with Gasteiger partial charge in [-0.05, 0) is 13.0 Å². The topological polar surface area (TPSA) is 38.7 Å². The highest BCUT2D eigenvalue weighted by atomic mass is 35.5. The third-order valence-electron chi connectivity index (χ3n) is 2.09. The van der Waals surface area contributed by atoms with Gasteiger partial charge >= 0.3 is 0 Å². The van der Waals surface area contributed by atoms with Crippen molar-refractivity contribution >= 4 is 11.6 Å². The summed E-state index contributed by atoms with van der Waals surface area (Å²) in [7, 11) is 3.08. The molecule has 0 atom stereocenters. The van der Waals surface area contributed by atoms with Crippen LogP contribution < -0.4 is 9.47 Å². The van der Waals surface area contributed by atoms with E-state index in [0.717, 1.165) is 5.56 Å². The Morgan fingerprint density at radius 3 is 2.43 bits per heavy atom. The third-order valence-corrected chi connectivity index (χ3v) is 2.54. The molecule has 1 aromatic carbocycles. The van der Waals surface area contributed by atoms with E-state index in [2.05, 4.69) is 0 Å². The van der Waals surface area contributed by atoms with Crippen molar-refractivity contribution in [1.82, 2.24) is 0 Å². The maximum atomic E-state index is 9.09. The molecule has 0 saturated carbocycles. The van der Waals surface area contributed by atoms with E-state index in [1.54, 1.807) is 13.2 Å². The summed E-state index contributed by atoms with van der Waals surface area (Å²) in [6, 6.07) is 1.72. The first kappa shape index (κ1) is 11.1. The van der Waals surface area contributed by atoms with Crippen LogP contribution in [0.3, 0.4) is 0 Å². The third kappa shape index (κ3) is 1.79. The van der Waals surface area contributed by atoms with Crippen LogP contribution in [-0.2, 0) is 6.61 Å². The molecule has 0 aliphatic carbocycles. The molecule has 0 amide bonds. The number of rotatable bonds is 3. The predicted molar refractivity (Wildman–Crippen MR) is 55.2 cm³/mol. The number of aliphatic hydroxyl groups is 1. The minimum atomic E-state index is -0.125. The van der Waals surface area contributed by atoms with E-state index in [1.807, 2.05) is 6.92 Å². The van der Waals surface area contributed by atoms with Crippen LogP contribution in [0.25, 0.3) is 0 Å². The Balaban J connectivity index is 3.38. The Morgan fingerprint density at radius 1 is 1.36 bits per heavy atom. The van der Waals surface area contributed by atoms with Gasteiger partial charge in [0.05, 0.1) is 25.8 Å². The van der Waals surface area contributed by atoms with E-state index in [0.29, 0.717) is 22.1 Å². The van der Waals surface area contributed by atoms with E-state index in [1.165, 1.54) is 7.11 Å². The van der Waals surface area contributed by atoms with Crippen molar-refractivity contribution in [3.63, 3.8) is 0 Å². The van der Waals surface area contributed by atoms with Gasteiger partial charge in [0, 0.05) is 11.1 Å². The maximum Gasteiger partial charge on any atom is 0.143 e. The van der Waals surface area contributed by atoms with E-state index < -0.39 is 0 Å².